The molecule has 6 heteroatoms. The van der Waals surface area contributed by atoms with Crippen molar-refractivity contribution in [1.29, 1.82) is 0 Å². The van der Waals surface area contributed by atoms with Crippen LogP contribution in [-0.4, -0.2) is 11.7 Å². The molecule has 0 aliphatic rings. The van der Waals surface area contributed by atoms with Crippen LogP contribution in [0.5, 0.6) is 5.75 Å². The summed E-state index contributed by atoms with van der Waals surface area (Å²) in [6.45, 7) is 1.77. The first-order valence-corrected chi connectivity index (χ1v) is 4.24. The summed E-state index contributed by atoms with van der Waals surface area (Å²) in [5.74, 6) is -7.84. The van der Waals surface area contributed by atoms with Gasteiger partial charge in [-0.2, -0.15) is 8.78 Å². The first-order chi connectivity index (χ1) is 7.54. The number of aliphatic hydroxyl groups is 1. The Balaban J connectivity index is 3.34. The van der Waals surface area contributed by atoms with Gasteiger partial charge in [0.2, 0.25) is 11.6 Å². The third-order valence-electron chi connectivity index (χ3n) is 1.82. The Labute approximate surface area is 88.8 Å². The average Bonchev–Trinajstić information content (AvgIpc) is 2.27. The van der Waals surface area contributed by atoms with Crippen molar-refractivity contribution in [3.63, 3.8) is 0 Å². The molecule has 0 heterocycles. The van der Waals surface area contributed by atoms with Crippen molar-refractivity contribution in [3.8, 4) is 5.75 Å². The molecule has 16 heavy (non-hydrogen) atoms. The van der Waals surface area contributed by atoms with Gasteiger partial charge in [-0.1, -0.05) is 12.7 Å². The van der Waals surface area contributed by atoms with Crippen LogP contribution in [0.15, 0.2) is 12.7 Å². The van der Waals surface area contributed by atoms with Crippen molar-refractivity contribution in [1.82, 2.24) is 0 Å². The van der Waals surface area contributed by atoms with Crippen molar-refractivity contribution in [3.05, 3.63) is 41.5 Å². The average molecular weight is 236 g/mol. The number of ether oxygens (including phenoxy) is 1. The van der Waals surface area contributed by atoms with Crippen LogP contribution in [0.1, 0.15) is 5.56 Å². The van der Waals surface area contributed by atoms with Crippen molar-refractivity contribution >= 4 is 0 Å². The quantitative estimate of drug-likeness (QED) is 0.493. The van der Waals surface area contributed by atoms with Gasteiger partial charge in [-0.25, -0.2) is 8.78 Å². The zero-order valence-corrected chi connectivity index (χ0v) is 8.07. The number of hydrogen-bond donors (Lipinski definition) is 1. The molecule has 0 atom stereocenters. The minimum absolute atomic E-state index is 0.300. The number of aliphatic hydroxyl groups excluding tert-OH is 1. The molecule has 1 aromatic carbocycles. The molecule has 1 N–H and O–H groups in total. The highest BCUT2D eigenvalue weighted by Crippen LogP contribution is 2.29. The summed E-state index contributed by atoms with van der Waals surface area (Å²) in [6, 6.07) is 0. The van der Waals surface area contributed by atoms with E-state index in [2.05, 4.69) is 11.3 Å². The third-order valence-corrected chi connectivity index (χ3v) is 1.82. The lowest BCUT2D eigenvalue weighted by Gasteiger charge is -2.10. The van der Waals surface area contributed by atoms with Gasteiger partial charge in [0.05, 0.1) is 12.2 Å². The van der Waals surface area contributed by atoms with E-state index in [1.807, 2.05) is 0 Å². The molecule has 0 radical (unpaired) electrons. The Morgan fingerprint density at radius 3 is 1.94 bits per heavy atom. The number of hydrogen-bond acceptors (Lipinski definition) is 2. The zero-order valence-electron chi connectivity index (χ0n) is 8.07. The van der Waals surface area contributed by atoms with E-state index in [1.54, 1.807) is 0 Å². The van der Waals surface area contributed by atoms with E-state index in [1.165, 1.54) is 0 Å². The second-order valence-electron chi connectivity index (χ2n) is 2.82. The van der Waals surface area contributed by atoms with E-state index in [4.69, 9.17) is 5.11 Å². The van der Waals surface area contributed by atoms with Crippen LogP contribution in [0.2, 0.25) is 0 Å². The lowest BCUT2D eigenvalue weighted by Crippen LogP contribution is -2.08. The van der Waals surface area contributed by atoms with Crippen LogP contribution in [0.3, 0.4) is 0 Å². The fraction of sp³-hybridized carbons (Fsp3) is 0.200. The van der Waals surface area contributed by atoms with E-state index in [9.17, 15) is 17.6 Å². The largest absolute Gasteiger partial charge is 0.483 e. The molecule has 2 nitrogen and oxygen atoms in total. The first kappa shape index (κ1) is 12.5. The van der Waals surface area contributed by atoms with Gasteiger partial charge in [-0.05, 0) is 0 Å². The Kier molecular flexibility index (Phi) is 3.89. The van der Waals surface area contributed by atoms with Crippen LogP contribution in [0, 0.1) is 23.3 Å². The van der Waals surface area contributed by atoms with Crippen LogP contribution in [0.25, 0.3) is 0 Å². The van der Waals surface area contributed by atoms with Crippen molar-refractivity contribution in [2.75, 3.05) is 6.61 Å². The summed E-state index contributed by atoms with van der Waals surface area (Å²) in [5.41, 5.74) is -1.07. The van der Waals surface area contributed by atoms with E-state index in [0.29, 0.717) is 0 Å². The molecule has 88 valence electrons. The minimum atomic E-state index is -1.68. The highest BCUT2D eigenvalue weighted by Gasteiger charge is 2.25. The minimum Gasteiger partial charge on any atom is -0.483 e. The van der Waals surface area contributed by atoms with Gasteiger partial charge >= 0.3 is 0 Å². The molecule has 0 saturated heterocycles. The van der Waals surface area contributed by atoms with Gasteiger partial charge in [0, 0.05) is 0 Å². The van der Waals surface area contributed by atoms with Crippen LogP contribution >= 0.6 is 0 Å². The Morgan fingerprint density at radius 2 is 1.56 bits per heavy atom. The third kappa shape index (κ3) is 2.01. The summed E-state index contributed by atoms with van der Waals surface area (Å²) in [6.07, 6.45) is 1.16. The van der Waals surface area contributed by atoms with Crippen molar-refractivity contribution < 1.29 is 27.4 Å². The molecule has 0 unspecified atom stereocenters. The fourth-order valence-electron chi connectivity index (χ4n) is 1.06. The van der Waals surface area contributed by atoms with Gasteiger partial charge in [0.15, 0.2) is 17.4 Å². The van der Waals surface area contributed by atoms with Gasteiger partial charge < -0.3 is 9.84 Å². The summed E-state index contributed by atoms with van der Waals surface area (Å²) in [5, 5.41) is 8.54. The smallest absolute Gasteiger partial charge is 0.204 e. The highest BCUT2D eigenvalue weighted by atomic mass is 19.2. The molecule has 1 rings (SSSR count). The lowest BCUT2D eigenvalue weighted by atomic mass is 10.1. The molecule has 0 aliphatic carbocycles. The summed E-state index contributed by atoms with van der Waals surface area (Å²) >= 11 is 0. The number of benzene rings is 1. The predicted octanol–water partition coefficient (Wildman–Crippen LogP) is 2.30. The van der Waals surface area contributed by atoms with Crippen LogP contribution < -0.4 is 4.74 Å². The van der Waals surface area contributed by atoms with Gasteiger partial charge in [-0.15, -0.1) is 0 Å². The molecular formula is C10H8F4O2. The molecule has 0 saturated carbocycles. The SMILES string of the molecule is C=CCOc1c(F)c(F)c(CO)c(F)c1F. The number of rotatable bonds is 4. The Hall–Kier alpha value is -1.56. The maximum absolute atomic E-state index is 13.2. The Morgan fingerprint density at radius 1 is 1.06 bits per heavy atom. The molecule has 0 bridgehead atoms. The molecule has 0 spiro atoms. The van der Waals surface area contributed by atoms with Crippen molar-refractivity contribution in [2.24, 2.45) is 0 Å². The van der Waals surface area contributed by atoms with Gasteiger partial charge in [-0.3, -0.25) is 0 Å². The first-order valence-electron chi connectivity index (χ1n) is 4.24. The van der Waals surface area contributed by atoms with Gasteiger partial charge in [0.1, 0.15) is 6.61 Å². The maximum atomic E-state index is 13.2. The Bertz CT molecular complexity index is 389. The monoisotopic (exact) mass is 236 g/mol. The maximum Gasteiger partial charge on any atom is 0.204 e. The van der Waals surface area contributed by atoms with E-state index >= 15 is 0 Å². The fourth-order valence-corrected chi connectivity index (χ4v) is 1.06. The van der Waals surface area contributed by atoms with Crippen LogP contribution in [-0.2, 0) is 6.61 Å². The zero-order chi connectivity index (χ0) is 12.3. The van der Waals surface area contributed by atoms with Gasteiger partial charge in [0.25, 0.3) is 0 Å². The molecule has 1 aromatic rings. The highest BCUT2D eigenvalue weighted by molar-refractivity contribution is 5.34. The summed E-state index contributed by atoms with van der Waals surface area (Å²) in [4.78, 5) is 0. The molecular weight excluding hydrogens is 228 g/mol. The second kappa shape index (κ2) is 4.98. The van der Waals surface area contributed by atoms with Crippen molar-refractivity contribution in [2.45, 2.75) is 6.61 Å². The molecule has 0 amide bonds. The topological polar surface area (TPSA) is 29.5 Å². The lowest BCUT2D eigenvalue weighted by molar-refractivity contribution is 0.253. The normalized spacial score (nSPS) is 10.3. The summed E-state index contributed by atoms with van der Waals surface area (Å²) < 4.78 is 56.9. The van der Waals surface area contributed by atoms with E-state index in [0.717, 1.165) is 6.08 Å². The molecule has 0 aromatic heterocycles. The number of halogens is 4. The van der Waals surface area contributed by atoms with E-state index in [-0.39, 0.29) is 6.61 Å². The summed E-state index contributed by atoms with van der Waals surface area (Å²) in [7, 11) is 0. The van der Waals surface area contributed by atoms with E-state index < -0.39 is 41.2 Å². The predicted molar refractivity (Wildman–Crippen MR) is 47.9 cm³/mol. The second-order valence-corrected chi connectivity index (χ2v) is 2.82. The molecule has 0 aliphatic heterocycles. The molecule has 0 fully saturated rings. The van der Waals surface area contributed by atoms with Crippen LogP contribution in [0.4, 0.5) is 17.6 Å². The standard InChI is InChI=1S/C10H8F4O2/c1-2-3-16-10-8(13)6(11)5(4-15)7(12)9(10)14/h2,15H,1,3-4H2.